The summed E-state index contributed by atoms with van der Waals surface area (Å²) in [6.07, 6.45) is 1.64. The lowest BCUT2D eigenvalue weighted by Gasteiger charge is -2.23. The maximum atomic E-state index is 15.3. The highest BCUT2D eigenvalue weighted by Gasteiger charge is 2.39. The number of hydrogen-bond donors (Lipinski definition) is 1. The number of carbonyl (C=O) groups is 2. The fourth-order valence-electron chi connectivity index (χ4n) is 4.93. The quantitative estimate of drug-likeness (QED) is 0.245. The zero-order valence-electron chi connectivity index (χ0n) is 22.5. The van der Waals surface area contributed by atoms with Crippen LogP contribution in [-0.2, 0) is 16.1 Å². The number of nitrogens with zero attached hydrogens (tertiary/aromatic N) is 4. The molecule has 0 aliphatic carbocycles. The van der Waals surface area contributed by atoms with Gasteiger partial charge in [0, 0.05) is 23.4 Å². The maximum Gasteiger partial charge on any atom is 0.240 e. The van der Waals surface area contributed by atoms with Crippen molar-refractivity contribution in [3.8, 4) is 16.3 Å². The number of amides is 2. The minimum absolute atomic E-state index is 0.0265. The third-order valence-electron chi connectivity index (χ3n) is 6.93. The lowest BCUT2D eigenvalue weighted by atomic mass is 10.0. The molecule has 6 rings (SSSR count). The standard InChI is InChI=1S/C31H25F2N5O2S2/c1-19-7-2-3-9-24(19)38-31-28(29(36-38)25-10-6-14-41-25)30(22-12-11-20(32)15-23(22)33)42-18-27(40)37(31)17-26(39)35-16-21-8-4-5-13-34-21/h2-15,30H,16-18H2,1H3,(H,35,39)/t30-/m0/s1. The predicted octanol–water partition coefficient (Wildman–Crippen LogP) is 6.07. The van der Waals surface area contributed by atoms with Crippen molar-refractivity contribution in [1.29, 1.82) is 0 Å². The van der Waals surface area contributed by atoms with E-state index in [9.17, 15) is 14.0 Å². The Bertz CT molecular complexity index is 1760. The normalized spacial score (nSPS) is 14.9. The minimum atomic E-state index is -0.715. The summed E-state index contributed by atoms with van der Waals surface area (Å²) < 4.78 is 31.0. The van der Waals surface area contributed by atoms with Crippen molar-refractivity contribution in [1.82, 2.24) is 20.1 Å². The van der Waals surface area contributed by atoms with Gasteiger partial charge in [0.15, 0.2) is 0 Å². The van der Waals surface area contributed by atoms with Gasteiger partial charge in [-0.2, -0.15) is 5.10 Å². The summed E-state index contributed by atoms with van der Waals surface area (Å²) in [6, 6.07) is 20.3. The summed E-state index contributed by atoms with van der Waals surface area (Å²) in [5.74, 6) is -1.76. The van der Waals surface area contributed by atoms with Crippen LogP contribution in [-0.4, -0.2) is 38.9 Å². The van der Waals surface area contributed by atoms with Crippen LogP contribution in [0.1, 0.15) is 27.6 Å². The predicted molar refractivity (Wildman–Crippen MR) is 161 cm³/mol. The van der Waals surface area contributed by atoms with Crippen LogP contribution in [0.15, 0.2) is 84.4 Å². The van der Waals surface area contributed by atoms with Gasteiger partial charge in [-0.15, -0.1) is 23.1 Å². The van der Waals surface area contributed by atoms with Crippen molar-refractivity contribution >= 4 is 40.7 Å². The first kappa shape index (κ1) is 27.8. The number of aryl methyl sites for hydroxylation is 1. The zero-order chi connectivity index (χ0) is 29.2. The van der Waals surface area contributed by atoms with Crippen LogP contribution in [0.4, 0.5) is 14.6 Å². The Labute approximate surface area is 249 Å². The number of rotatable bonds is 7. The molecule has 1 atom stereocenters. The Balaban J connectivity index is 1.53. The van der Waals surface area contributed by atoms with E-state index >= 15 is 4.39 Å². The van der Waals surface area contributed by atoms with Crippen molar-refractivity contribution in [2.24, 2.45) is 0 Å². The molecule has 3 aromatic heterocycles. The van der Waals surface area contributed by atoms with Crippen LogP contribution >= 0.6 is 23.1 Å². The number of anilines is 1. The summed E-state index contributed by atoms with van der Waals surface area (Å²) in [5.41, 5.74) is 3.68. The molecule has 0 saturated carbocycles. The molecular weight excluding hydrogens is 577 g/mol. The van der Waals surface area contributed by atoms with Crippen LogP contribution in [0.2, 0.25) is 0 Å². The Morgan fingerprint density at radius 3 is 2.64 bits per heavy atom. The molecule has 4 heterocycles. The van der Waals surface area contributed by atoms with Crippen LogP contribution in [0.3, 0.4) is 0 Å². The molecule has 0 saturated heterocycles. The molecule has 0 spiro atoms. The van der Waals surface area contributed by atoms with Crippen molar-refractivity contribution in [2.45, 2.75) is 18.7 Å². The molecule has 7 nitrogen and oxygen atoms in total. The van der Waals surface area contributed by atoms with Gasteiger partial charge < -0.3 is 5.32 Å². The van der Waals surface area contributed by atoms with Gasteiger partial charge in [-0.3, -0.25) is 19.5 Å². The van der Waals surface area contributed by atoms with Crippen LogP contribution < -0.4 is 10.2 Å². The fourth-order valence-corrected chi connectivity index (χ4v) is 6.88. The molecule has 0 radical (unpaired) electrons. The third-order valence-corrected chi connectivity index (χ3v) is 9.04. The number of nitrogens with one attached hydrogen (secondary N) is 1. The number of thioether (sulfide) groups is 1. The molecule has 1 N–H and O–H groups in total. The lowest BCUT2D eigenvalue weighted by molar-refractivity contribution is -0.123. The Morgan fingerprint density at radius 1 is 1.07 bits per heavy atom. The summed E-state index contributed by atoms with van der Waals surface area (Å²) in [6.45, 7) is 1.85. The van der Waals surface area contributed by atoms with Crippen LogP contribution in [0.5, 0.6) is 0 Å². The van der Waals surface area contributed by atoms with Crippen LogP contribution in [0.25, 0.3) is 16.3 Å². The highest BCUT2D eigenvalue weighted by molar-refractivity contribution is 8.00. The first-order valence-corrected chi connectivity index (χ1v) is 15.1. The van der Waals surface area contributed by atoms with Gasteiger partial charge >= 0.3 is 0 Å². The number of hydrogen-bond acceptors (Lipinski definition) is 6. The van der Waals surface area contributed by atoms with Crippen molar-refractivity contribution in [3.63, 3.8) is 0 Å². The average Bonchev–Trinajstić information content (AvgIpc) is 3.63. The molecule has 5 aromatic rings. The molecule has 42 heavy (non-hydrogen) atoms. The first-order chi connectivity index (χ1) is 20.4. The number of carbonyl (C=O) groups excluding carboxylic acids is 2. The molecule has 11 heteroatoms. The van der Waals surface area contributed by atoms with Crippen molar-refractivity contribution < 1.29 is 18.4 Å². The first-order valence-electron chi connectivity index (χ1n) is 13.2. The van der Waals surface area contributed by atoms with Gasteiger partial charge in [0.1, 0.15) is 29.7 Å². The average molecular weight is 602 g/mol. The topological polar surface area (TPSA) is 80.1 Å². The van der Waals surface area contributed by atoms with Gasteiger partial charge in [-0.1, -0.05) is 36.4 Å². The van der Waals surface area contributed by atoms with E-state index in [4.69, 9.17) is 5.10 Å². The van der Waals surface area contributed by atoms with E-state index in [0.717, 1.165) is 16.5 Å². The second-order valence-electron chi connectivity index (χ2n) is 9.70. The van der Waals surface area contributed by atoms with E-state index in [1.54, 1.807) is 23.0 Å². The van der Waals surface area contributed by atoms with E-state index in [1.807, 2.05) is 54.8 Å². The van der Waals surface area contributed by atoms with Gasteiger partial charge in [0.2, 0.25) is 11.8 Å². The van der Waals surface area contributed by atoms with Gasteiger partial charge in [0.25, 0.3) is 0 Å². The fraction of sp³-hybridized carbons (Fsp3) is 0.161. The minimum Gasteiger partial charge on any atom is -0.349 e. The molecule has 1 aliphatic rings. The molecule has 2 amide bonds. The summed E-state index contributed by atoms with van der Waals surface area (Å²) in [7, 11) is 0. The molecule has 1 aliphatic heterocycles. The van der Waals surface area contributed by atoms with Gasteiger partial charge in [-0.05, 0) is 48.2 Å². The number of halogens is 2. The summed E-state index contributed by atoms with van der Waals surface area (Å²) in [4.78, 5) is 33.6. The molecule has 0 fully saturated rings. The zero-order valence-corrected chi connectivity index (χ0v) is 24.1. The monoisotopic (exact) mass is 601 g/mol. The molecular formula is C31H25F2N5O2S2. The number of fused-ring (bicyclic) bond motifs is 1. The SMILES string of the molecule is Cc1ccccc1-n1nc(-c2cccs2)c2c1N(CC(=O)NCc1ccccn1)C(=O)CS[C@H]2c1ccc(F)cc1F. The number of thiophene rings is 1. The van der Waals surface area contributed by atoms with E-state index in [1.165, 1.54) is 40.1 Å². The van der Waals surface area contributed by atoms with E-state index in [0.29, 0.717) is 28.5 Å². The number of benzene rings is 2. The van der Waals surface area contributed by atoms with E-state index < -0.39 is 16.9 Å². The molecule has 0 unspecified atom stereocenters. The Hall–Kier alpha value is -4.35. The highest BCUT2D eigenvalue weighted by Crippen LogP contribution is 2.49. The maximum absolute atomic E-state index is 15.3. The van der Waals surface area contributed by atoms with E-state index in [-0.39, 0.29) is 36.2 Å². The second kappa shape index (κ2) is 11.9. The second-order valence-corrected chi connectivity index (χ2v) is 11.7. The Morgan fingerprint density at radius 2 is 1.90 bits per heavy atom. The highest BCUT2D eigenvalue weighted by atomic mass is 32.2. The number of para-hydroxylation sites is 1. The summed E-state index contributed by atoms with van der Waals surface area (Å²) >= 11 is 2.69. The number of pyridine rings is 1. The van der Waals surface area contributed by atoms with Gasteiger partial charge in [0.05, 0.1) is 33.8 Å². The van der Waals surface area contributed by atoms with Crippen LogP contribution in [0, 0.1) is 18.6 Å². The van der Waals surface area contributed by atoms with Crippen molar-refractivity contribution in [3.05, 3.63) is 118 Å². The smallest absolute Gasteiger partial charge is 0.240 e. The largest absolute Gasteiger partial charge is 0.349 e. The number of aromatic nitrogens is 3. The Kier molecular flexibility index (Phi) is 7.86. The van der Waals surface area contributed by atoms with E-state index in [2.05, 4.69) is 10.3 Å². The van der Waals surface area contributed by atoms with Crippen molar-refractivity contribution in [2.75, 3.05) is 17.2 Å². The summed E-state index contributed by atoms with van der Waals surface area (Å²) in [5, 5.41) is 9.07. The third kappa shape index (κ3) is 5.45. The molecule has 0 bridgehead atoms. The van der Waals surface area contributed by atoms with Gasteiger partial charge in [-0.25, -0.2) is 13.5 Å². The lowest BCUT2D eigenvalue weighted by Crippen LogP contribution is -2.42. The molecule has 2 aromatic carbocycles. The molecule has 212 valence electrons.